The molecule has 0 aliphatic carbocycles. The minimum absolute atomic E-state index is 0.0728. The SMILES string of the molecule is Cc1cc([N+](=O)[O-])c(C)cc1Oc1ccccc1[C@@H](C)O. The van der Waals surface area contributed by atoms with Crippen LogP contribution in [0.25, 0.3) is 0 Å². The fraction of sp³-hybridized carbons (Fsp3) is 0.250. The second kappa shape index (κ2) is 5.93. The molecule has 0 radical (unpaired) electrons. The number of hydrogen-bond donors (Lipinski definition) is 1. The van der Waals surface area contributed by atoms with Gasteiger partial charge in [0.05, 0.1) is 11.0 Å². The summed E-state index contributed by atoms with van der Waals surface area (Å²) in [6.07, 6.45) is -0.652. The molecule has 110 valence electrons. The van der Waals surface area contributed by atoms with Crippen LogP contribution < -0.4 is 4.74 Å². The molecule has 0 unspecified atom stereocenters. The number of nitrogens with zero attached hydrogens (tertiary/aromatic N) is 1. The number of ether oxygens (including phenoxy) is 1. The predicted octanol–water partition coefficient (Wildman–Crippen LogP) is 4.06. The number of hydrogen-bond acceptors (Lipinski definition) is 4. The van der Waals surface area contributed by atoms with Crippen LogP contribution in [0.3, 0.4) is 0 Å². The van der Waals surface area contributed by atoms with Gasteiger partial charge in [0.1, 0.15) is 11.5 Å². The van der Waals surface area contributed by atoms with E-state index in [-0.39, 0.29) is 5.69 Å². The highest BCUT2D eigenvalue weighted by Gasteiger charge is 2.16. The number of nitro benzene ring substituents is 1. The molecule has 0 fully saturated rings. The number of para-hydroxylation sites is 1. The van der Waals surface area contributed by atoms with Crippen molar-refractivity contribution in [2.45, 2.75) is 26.9 Å². The Morgan fingerprint density at radius 2 is 1.81 bits per heavy atom. The maximum atomic E-state index is 10.9. The van der Waals surface area contributed by atoms with Crippen molar-refractivity contribution in [3.63, 3.8) is 0 Å². The first-order valence-corrected chi connectivity index (χ1v) is 6.60. The summed E-state index contributed by atoms with van der Waals surface area (Å²) in [5.74, 6) is 1.09. The average Bonchev–Trinajstić information content (AvgIpc) is 2.42. The minimum atomic E-state index is -0.652. The summed E-state index contributed by atoms with van der Waals surface area (Å²) in [5, 5.41) is 20.7. The Labute approximate surface area is 123 Å². The van der Waals surface area contributed by atoms with E-state index in [1.807, 2.05) is 12.1 Å². The van der Waals surface area contributed by atoms with E-state index in [0.29, 0.717) is 28.2 Å². The molecule has 0 amide bonds. The van der Waals surface area contributed by atoms with Crippen molar-refractivity contribution in [1.82, 2.24) is 0 Å². The molecule has 0 spiro atoms. The monoisotopic (exact) mass is 287 g/mol. The fourth-order valence-corrected chi connectivity index (χ4v) is 2.12. The van der Waals surface area contributed by atoms with Crippen molar-refractivity contribution in [2.75, 3.05) is 0 Å². The molecule has 0 aliphatic rings. The zero-order valence-corrected chi connectivity index (χ0v) is 12.2. The molecule has 0 aliphatic heterocycles. The summed E-state index contributed by atoms with van der Waals surface area (Å²) < 4.78 is 5.83. The van der Waals surface area contributed by atoms with Gasteiger partial charge in [-0.15, -0.1) is 0 Å². The van der Waals surface area contributed by atoms with Gasteiger partial charge in [-0.05, 0) is 38.5 Å². The summed E-state index contributed by atoms with van der Waals surface area (Å²) in [5.41, 5.74) is 1.96. The van der Waals surface area contributed by atoms with Gasteiger partial charge in [0.25, 0.3) is 5.69 Å². The lowest BCUT2D eigenvalue weighted by atomic mass is 10.1. The molecule has 2 aromatic carbocycles. The highest BCUT2D eigenvalue weighted by atomic mass is 16.6. The summed E-state index contributed by atoms with van der Waals surface area (Å²) in [7, 11) is 0. The zero-order chi connectivity index (χ0) is 15.6. The van der Waals surface area contributed by atoms with E-state index >= 15 is 0 Å². The molecular formula is C16H17NO4. The highest BCUT2D eigenvalue weighted by Crippen LogP contribution is 2.34. The topological polar surface area (TPSA) is 72.6 Å². The van der Waals surface area contributed by atoms with Crippen molar-refractivity contribution in [2.24, 2.45) is 0 Å². The van der Waals surface area contributed by atoms with Gasteiger partial charge in [0.15, 0.2) is 0 Å². The van der Waals surface area contributed by atoms with Gasteiger partial charge in [-0.25, -0.2) is 0 Å². The molecule has 0 heterocycles. The van der Waals surface area contributed by atoms with Crippen LogP contribution in [-0.4, -0.2) is 10.0 Å². The van der Waals surface area contributed by atoms with Crippen molar-refractivity contribution >= 4 is 5.69 Å². The Bertz CT molecular complexity index is 680. The molecular weight excluding hydrogens is 270 g/mol. The van der Waals surface area contributed by atoms with E-state index in [4.69, 9.17) is 4.74 Å². The smallest absolute Gasteiger partial charge is 0.272 e. The Balaban J connectivity index is 2.41. The molecule has 0 aromatic heterocycles. The third-order valence-corrected chi connectivity index (χ3v) is 3.28. The summed E-state index contributed by atoms with van der Waals surface area (Å²) >= 11 is 0. The van der Waals surface area contributed by atoms with E-state index in [0.717, 1.165) is 0 Å². The Morgan fingerprint density at radius 3 is 2.43 bits per heavy atom. The molecule has 1 atom stereocenters. The van der Waals surface area contributed by atoms with Crippen LogP contribution in [-0.2, 0) is 0 Å². The Morgan fingerprint density at radius 1 is 1.14 bits per heavy atom. The predicted molar refractivity (Wildman–Crippen MR) is 79.7 cm³/mol. The molecule has 0 saturated carbocycles. The van der Waals surface area contributed by atoms with Crippen molar-refractivity contribution in [3.05, 3.63) is 63.2 Å². The number of rotatable bonds is 4. The van der Waals surface area contributed by atoms with Crippen LogP contribution >= 0.6 is 0 Å². The number of aryl methyl sites for hydroxylation is 2. The first kappa shape index (κ1) is 15.0. The first-order valence-electron chi connectivity index (χ1n) is 6.60. The van der Waals surface area contributed by atoms with Gasteiger partial charge < -0.3 is 9.84 Å². The summed E-state index contributed by atoms with van der Waals surface area (Å²) in [4.78, 5) is 10.5. The Hall–Kier alpha value is -2.40. The number of benzene rings is 2. The van der Waals surface area contributed by atoms with Crippen molar-refractivity contribution < 1.29 is 14.8 Å². The zero-order valence-electron chi connectivity index (χ0n) is 12.2. The number of aliphatic hydroxyl groups is 1. The van der Waals surface area contributed by atoms with E-state index in [1.165, 1.54) is 6.07 Å². The van der Waals surface area contributed by atoms with Gasteiger partial charge in [-0.2, -0.15) is 0 Å². The largest absolute Gasteiger partial charge is 0.457 e. The normalized spacial score (nSPS) is 12.0. The van der Waals surface area contributed by atoms with E-state index in [1.54, 1.807) is 39.0 Å². The highest BCUT2D eigenvalue weighted by molar-refractivity contribution is 5.51. The molecule has 1 N–H and O–H groups in total. The molecule has 2 aromatic rings. The summed E-state index contributed by atoms with van der Waals surface area (Å²) in [6, 6.07) is 10.3. The molecule has 5 nitrogen and oxygen atoms in total. The second-order valence-corrected chi connectivity index (χ2v) is 4.98. The van der Waals surface area contributed by atoms with Gasteiger partial charge in [0.2, 0.25) is 0 Å². The number of aliphatic hydroxyl groups excluding tert-OH is 1. The van der Waals surface area contributed by atoms with Crippen LogP contribution in [0.5, 0.6) is 11.5 Å². The third-order valence-electron chi connectivity index (χ3n) is 3.28. The van der Waals surface area contributed by atoms with E-state index in [2.05, 4.69) is 0 Å². The van der Waals surface area contributed by atoms with Crippen LogP contribution in [0.15, 0.2) is 36.4 Å². The molecule has 2 rings (SSSR count). The minimum Gasteiger partial charge on any atom is -0.457 e. The summed E-state index contributed by atoms with van der Waals surface area (Å²) in [6.45, 7) is 5.09. The van der Waals surface area contributed by atoms with Gasteiger partial charge in [-0.3, -0.25) is 10.1 Å². The van der Waals surface area contributed by atoms with Gasteiger partial charge in [-0.1, -0.05) is 18.2 Å². The maximum absolute atomic E-state index is 10.9. The van der Waals surface area contributed by atoms with E-state index < -0.39 is 11.0 Å². The molecule has 21 heavy (non-hydrogen) atoms. The number of nitro groups is 1. The lowest BCUT2D eigenvalue weighted by molar-refractivity contribution is -0.385. The maximum Gasteiger partial charge on any atom is 0.272 e. The van der Waals surface area contributed by atoms with Crippen LogP contribution in [0.2, 0.25) is 0 Å². The molecule has 0 saturated heterocycles. The van der Waals surface area contributed by atoms with Crippen LogP contribution in [0.1, 0.15) is 29.7 Å². The first-order chi connectivity index (χ1) is 9.90. The Kier molecular flexibility index (Phi) is 4.23. The standard InChI is InChI=1S/C16H17NO4/c1-10-9-16(11(2)8-14(10)17(19)20)21-15-7-5-4-6-13(15)12(3)18/h4-9,12,18H,1-3H3/t12-/m1/s1. The van der Waals surface area contributed by atoms with Crippen molar-refractivity contribution in [1.29, 1.82) is 0 Å². The average molecular weight is 287 g/mol. The van der Waals surface area contributed by atoms with E-state index in [9.17, 15) is 15.2 Å². The fourth-order valence-electron chi connectivity index (χ4n) is 2.12. The quantitative estimate of drug-likeness (QED) is 0.680. The third kappa shape index (κ3) is 3.20. The lowest BCUT2D eigenvalue weighted by Gasteiger charge is -2.15. The van der Waals surface area contributed by atoms with Gasteiger partial charge >= 0.3 is 0 Å². The second-order valence-electron chi connectivity index (χ2n) is 4.98. The van der Waals surface area contributed by atoms with Crippen molar-refractivity contribution in [3.8, 4) is 11.5 Å². The molecule has 5 heteroatoms. The lowest BCUT2D eigenvalue weighted by Crippen LogP contribution is -1.98. The molecule has 0 bridgehead atoms. The van der Waals surface area contributed by atoms with Crippen LogP contribution in [0.4, 0.5) is 5.69 Å². The van der Waals surface area contributed by atoms with Crippen LogP contribution in [0, 0.1) is 24.0 Å². The van der Waals surface area contributed by atoms with Gasteiger partial charge in [0, 0.05) is 17.2 Å².